The van der Waals surface area contributed by atoms with Crippen LogP contribution in [0.5, 0.6) is 0 Å². The number of hydrogen-bond acceptors (Lipinski definition) is 5. The zero-order chi connectivity index (χ0) is 23.1. The van der Waals surface area contributed by atoms with Gasteiger partial charge in [-0.1, -0.05) is 30.3 Å². The molecule has 3 aromatic rings. The maximum absolute atomic E-state index is 12.7. The van der Waals surface area contributed by atoms with Crippen molar-refractivity contribution in [2.24, 2.45) is 0 Å². The Bertz CT molecular complexity index is 1100. The molecule has 0 aliphatic heterocycles. The molecule has 9 heteroatoms. The van der Waals surface area contributed by atoms with Crippen molar-refractivity contribution in [1.82, 2.24) is 4.98 Å². The molecule has 0 unspecified atom stereocenters. The number of carbonyl (C=O) groups is 4. The van der Waals surface area contributed by atoms with Crippen LogP contribution < -0.4 is 21.3 Å². The van der Waals surface area contributed by atoms with Gasteiger partial charge in [0.1, 0.15) is 11.4 Å². The number of pyridine rings is 1. The molecular formula is C23H21N5O4. The van der Waals surface area contributed by atoms with Gasteiger partial charge < -0.3 is 21.3 Å². The molecule has 0 radical (unpaired) electrons. The van der Waals surface area contributed by atoms with Crippen molar-refractivity contribution < 1.29 is 19.2 Å². The SMILES string of the molecule is CC(=O)Nc1ccccc1NC(=O)c1cccc(C(=O)Nc2ccccc2NC(C)=O)n1. The molecule has 162 valence electrons. The maximum Gasteiger partial charge on any atom is 0.274 e. The van der Waals surface area contributed by atoms with Crippen LogP contribution in [0.2, 0.25) is 0 Å². The fraction of sp³-hybridized carbons (Fsp3) is 0.0870. The highest BCUT2D eigenvalue weighted by molar-refractivity contribution is 6.09. The lowest BCUT2D eigenvalue weighted by Crippen LogP contribution is -2.20. The summed E-state index contributed by atoms with van der Waals surface area (Å²) in [5, 5.41) is 10.6. The van der Waals surface area contributed by atoms with Gasteiger partial charge in [0.05, 0.1) is 22.7 Å². The molecule has 0 aliphatic carbocycles. The number of anilines is 4. The highest BCUT2D eigenvalue weighted by Gasteiger charge is 2.15. The zero-order valence-corrected chi connectivity index (χ0v) is 17.4. The summed E-state index contributed by atoms with van der Waals surface area (Å²) >= 11 is 0. The Labute approximate surface area is 184 Å². The standard InChI is InChI=1S/C23H21N5O4/c1-14(29)24-16-8-3-5-10-18(16)27-22(31)20-12-7-13-21(26-20)23(32)28-19-11-6-4-9-17(19)25-15(2)30/h3-13H,1-2H3,(H,24,29)(H,25,30)(H,27,31)(H,28,32). The van der Waals surface area contributed by atoms with E-state index in [-0.39, 0.29) is 23.2 Å². The van der Waals surface area contributed by atoms with E-state index in [0.29, 0.717) is 22.7 Å². The number of benzene rings is 2. The summed E-state index contributed by atoms with van der Waals surface area (Å²) < 4.78 is 0. The Morgan fingerprint density at radius 3 is 1.22 bits per heavy atom. The normalized spacial score (nSPS) is 10.1. The number of hydrogen-bond donors (Lipinski definition) is 4. The predicted octanol–water partition coefficient (Wildman–Crippen LogP) is 3.50. The predicted molar refractivity (Wildman–Crippen MR) is 122 cm³/mol. The minimum absolute atomic E-state index is 0.0189. The average molecular weight is 431 g/mol. The van der Waals surface area contributed by atoms with E-state index >= 15 is 0 Å². The van der Waals surface area contributed by atoms with Crippen LogP contribution in [0.15, 0.2) is 66.7 Å². The fourth-order valence-corrected chi connectivity index (χ4v) is 2.84. The van der Waals surface area contributed by atoms with Crippen LogP contribution in [0.4, 0.5) is 22.7 Å². The molecule has 4 N–H and O–H groups in total. The number of nitrogens with one attached hydrogen (secondary N) is 4. The van der Waals surface area contributed by atoms with Gasteiger partial charge in [-0.15, -0.1) is 0 Å². The Hall–Kier alpha value is -4.53. The van der Waals surface area contributed by atoms with Crippen molar-refractivity contribution >= 4 is 46.4 Å². The van der Waals surface area contributed by atoms with E-state index in [4.69, 9.17) is 0 Å². The summed E-state index contributed by atoms with van der Waals surface area (Å²) in [6, 6.07) is 17.9. The number of nitrogens with zero attached hydrogens (tertiary/aromatic N) is 1. The van der Waals surface area contributed by atoms with E-state index in [1.807, 2.05) is 0 Å². The van der Waals surface area contributed by atoms with Gasteiger partial charge >= 0.3 is 0 Å². The van der Waals surface area contributed by atoms with E-state index in [2.05, 4.69) is 26.3 Å². The monoisotopic (exact) mass is 431 g/mol. The first-order valence-electron chi connectivity index (χ1n) is 9.66. The molecule has 9 nitrogen and oxygen atoms in total. The smallest absolute Gasteiger partial charge is 0.274 e. The second-order valence-corrected chi connectivity index (χ2v) is 6.77. The van der Waals surface area contributed by atoms with Crippen LogP contribution in [0.3, 0.4) is 0 Å². The minimum atomic E-state index is -0.545. The second-order valence-electron chi connectivity index (χ2n) is 6.77. The van der Waals surface area contributed by atoms with E-state index in [1.54, 1.807) is 48.5 Å². The highest BCUT2D eigenvalue weighted by atomic mass is 16.2. The Morgan fingerprint density at radius 2 is 0.875 bits per heavy atom. The molecule has 0 saturated carbocycles. The lowest BCUT2D eigenvalue weighted by Gasteiger charge is -2.12. The van der Waals surface area contributed by atoms with Crippen molar-refractivity contribution in [2.45, 2.75) is 13.8 Å². The molecule has 0 aliphatic rings. The third-order valence-corrected chi connectivity index (χ3v) is 4.19. The summed E-state index contributed by atoms with van der Waals surface area (Å²) in [5.74, 6) is -1.64. The number of aromatic nitrogens is 1. The van der Waals surface area contributed by atoms with E-state index in [1.165, 1.54) is 32.0 Å². The molecule has 32 heavy (non-hydrogen) atoms. The summed E-state index contributed by atoms with van der Waals surface area (Å²) in [6.45, 7) is 2.73. The molecule has 0 saturated heterocycles. The van der Waals surface area contributed by atoms with Gasteiger partial charge in [0.25, 0.3) is 11.8 Å². The first-order valence-corrected chi connectivity index (χ1v) is 9.66. The summed E-state index contributed by atoms with van der Waals surface area (Å²) in [7, 11) is 0. The minimum Gasteiger partial charge on any atom is -0.325 e. The fourth-order valence-electron chi connectivity index (χ4n) is 2.84. The van der Waals surface area contributed by atoms with Crippen molar-refractivity contribution in [2.75, 3.05) is 21.3 Å². The van der Waals surface area contributed by atoms with Crippen LogP contribution in [0, 0.1) is 0 Å². The quantitative estimate of drug-likeness (QED) is 0.475. The van der Waals surface area contributed by atoms with Crippen LogP contribution in [-0.4, -0.2) is 28.6 Å². The third kappa shape index (κ3) is 5.76. The molecule has 0 fully saturated rings. The van der Waals surface area contributed by atoms with Gasteiger partial charge in [0.15, 0.2) is 0 Å². The van der Waals surface area contributed by atoms with Crippen molar-refractivity contribution in [3.8, 4) is 0 Å². The second kappa shape index (κ2) is 9.98. The molecule has 1 heterocycles. The lowest BCUT2D eigenvalue weighted by molar-refractivity contribution is -0.115. The van der Waals surface area contributed by atoms with E-state index in [9.17, 15) is 19.2 Å². The van der Waals surface area contributed by atoms with Gasteiger partial charge in [-0.3, -0.25) is 19.2 Å². The largest absolute Gasteiger partial charge is 0.325 e. The van der Waals surface area contributed by atoms with Crippen LogP contribution in [-0.2, 0) is 9.59 Å². The molecule has 3 rings (SSSR count). The summed E-state index contributed by atoms with van der Waals surface area (Å²) in [6.07, 6.45) is 0. The number of para-hydroxylation sites is 4. The first-order chi connectivity index (χ1) is 15.3. The van der Waals surface area contributed by atoms with Gasteiger partial charge in [-0.2, -0.15) is 0 Å². The van der Waals surface area contributed by atoms with E-state index < -0.39 is 11.8 Å². The van der Waals surface area contributed by atoms with Crippen LogP contribution >= 0.6 is 0 Å². The van der Waals surface area contributed by atoms with Crippen molar-refractivity contribution in [3.63, 3.8) is 0 Å². The molecule has 4 amide bonds. The Morgan fingerprint density at radius 1 is 0.531 bits per heavy atom. The molecule has 0 bridgehead atoms. The maximum atomic E-state index is 12.7. The van der Waals surface area contributed by atoms with Gasteiger partial charge in [0.2, 0.25) is 11.8 Å². The first kappa shape index (κ1) is 22.2. The number of amides is 4. The molecular weight excluding hydrogens is 410 g/mol. The Kier molecular flexibility index (Phi) is 6.92. The molecule has 2 aromatic carbocycles. The van der Waals surface area contributed by atoms with Crippen LogP contribution in [0.25, 0.3) is 0 Å². The summed E-state index contributed by atoms with van der Waals surface area (Å²) in [4.78, 5) is 52.3. The topological polar surface area (TPSA) is 129 Å². The number of rotatable bonds is 6. The molecule has 0 spiro atoms. The summed E-state index contributed by atoms with van der Waals surface area (Å²) in [5.41, 5.74) is 1.71. The van der Waals surface area contributed by atoms with Gasteiger partial charge in [-0.05, 0) is 36.4 Å². The van der Waals surface area contributed by atoms with Crippen molar-refractivity contribution in [3.05, 3.63) is 78.1 Å². The van der Waals surface area contributed by atoms with Gasteiger partial charge in [0, 0.05) is 13.8 Å². The number of carbonyl (C=O) groups excluding carboxylic acids is 4. The van der Waals surface area contributed by atoms with Crippen molar-refractivity contribution in [1.29, 1.82) is 0 Å². The van der Waals surface area contributed by atoms with E-state index in [0.717, 1.165) is 0 Å². The molecule has 1 aromatic heterocycles. The zero-order valence-electron chi connectivity index (χ0n) is 17.4. The van der Waals surface area contributed by atoms with Gasteiger partial charge in [-0.25, -0.2) is 4.98 Å². The lowest BCUT2D eigenvalue weighted by atomic mass is 10.2. The molecule has 0 atom stereocenters. The third-order valence-electron chi connectivity index (χ3n) is 4.19. The Balaban J connectivity index is 1.77. The van der Waals surface area contributed by atoms with Crippen LogP contribution in [0.1, 0.15) is 34.8 Å². The highest BCUT2D eigenvalue weighted by Crippen LogP contribution is 2.23. The average Bonchev–Trinajstić information content (AvgIpc) is 2.76.